The zero-order valence-electron chi connectivity index (χ0n) is 13.0. The molecule has 0 bridgehead atoms. The third-order valence-corrected chi connectivity index (χ3v) is 5.67. The van der Waals surface area contributed by atoms with Gasteiger partial charge in [0.2, 0.25) is 10.0 Å². The summed E-state index contributed by atoms with van der Waals surface area (Å²) in [5.74, 6) is -0.673. The van der Waals surface area contributed by atoms with Crippen LogP contribution in [0.1, 0.15) is 23.5 Å². The third-order valence-electron chi connectivity index (χ3n) is 2.91. The predicted molar refractivity (Wildman–Crippen MR) is 93.9 cm³/mol. The standard InChI is InChI=1S/C14H18N2O4S2.ClH/c1-14(2,15)8-16-22(18,19)12-9-6-4-5-7-10(9)21-11(12)13(17)20-3;/h4-7,16H,8,15H2,1-3H3;1H. The maximum Gasteiger partial charge on any atom is 0.349 e. The number of thiophene rings is 1. The Morgan fingerprint density at radius 2 is 1.96 bits per heavy atom. The number of sulfonamides is 1. The normalized spacial score (nSPS) is 12.0. The molecule has 0 fully saturated rings. The first kappa shape index (κ1) is 19.9. The Morgan fingerprint density at radius 3 is 2.52 bits per heavy atom. The van der Waals surface area contributed by atoms with E-state index < -0.39 is 21.5 Å². The lowest BCUT2D eigenvalue weighted by atomic mass is 10.1. The van der Waals surface area contributed by atoms with E-state index in [1.165, 1.54) is 7.11 Å². The molecule has 0 spiro atoms. The van der Waals surface area contributed by atoms with E-state index in [0.29, 0.717) is 10.1 Å². The van der Waals surface area contributed by atoms with Gasteiger partial charge in [0.1, 0.15) is 9.77 Å². The molecule has 0 aliphatic carbocycles. The molecule has 2 aromatic rings. The number of esters is 1. The quantitative estimate of drug-likeness (QED) is 0.776. The number of fused-ring (bicyclic) bond motifs is 1. The lowest BCUT2D eigenvalue weighted by Gasteiger charge is -2.19. The average Bonchev–Trinajstić information content (AvgIpc) is 2.84. The van der Waals surface area contributed by atoms with Crippen molar-refractivity contribution in [3.05, 3.63) is 29.1 Å². The van der Waals surface area contributed by atoms with Crippen molar-refractivity contribution in [1.82, 2.24) is 4.72 Å². The molecule has 0 radical (unpaired) electrons. The van der Waals surface area contributed by atoms with E-state index in [9.17, 15) is 13.2 Å². The van der Waals surface area contributed by atoms with Gasteiger partial charge in [0.15, 0.2) is 0 Å². The molecule has 0 amide bonds. The minimum Gasteiger partial charge on any atom is -0.465 e. The first-order valence-electron chi connectivity index (χ1n) is 6.54. The third kappa shape index (κ3) is 4.42. The summed E-state index contributed by atoms with van der Waals surface area (Å²) in [6.07, 6.45) is 0. The van der Waals surface area contributed by atoms with Crippen LogP contribution in [0, 0.1) is 0 Å². The number of nitrogens with two attached hydrogens (primary N) is 1. The van der Waals surface area contributed by atoms with E-state index in [1.54, 1.807) is 38.1 Å². The van der Waals surface area contributed by atoms with Gasteiger partial charge >= 0.3 is 5.97 Å². The van der Waals surface area contributed by atoms with Crippen LogP contribution in [0.5, 0.6) is 0 Å². The van der Waals surface area contributed by atoms with Crippen molar-refractivity contribution in [2.45, 2.75) is 24.3 Å². The summed E-state index contributed by atoms with van der Waals surface area (Å²) in [7, 11) is -2.66. The maximum absolute atomic E-state index is 12.6. The van der Waals surface area contributed by atoms with E-state index in [-0.39, 0.29) is 28.7 Å². The zero-order valence-corrected chi connectivity index (χ0v) is 15.4. The van der Waals surface area contributed by atoms with Crippen molar-refractivity contribution in [2.24, 2.45) is 5.73 Å². The van der Waals surface area contributed by atoms with Gasteiger partial charge in [-0.05, 0) is 19.9 Å². The predicted octanol–water partition coefficient (Wildman–Crippen LogP) is 2.13. The van der Waals surface area contributed by atoms with Crippen LogP contribution in [0.15, 0.2) is 29.2 Å². The highest BCUT2D eigenvalue weighted by atomic mass is 35.5. The number of rotatable bonds is 5. The van der Waals surface area contributed by atoms with Gasteiger partial charge in [0.25, 0.3) is 0 Å². The number of methoxy groups -OCH3 is 1. The van der Waals surface area contributed by atoms with Gasteiger partial charge in [-0.15, -0.1) is 23.7 Å². The lowest BCUT2D eigenvalue weighted by Crippen LogP contribution is -2.45. The lowest BCUT2D eigenvalue weighted by molar-refractivity contribution is 0.0602. The Kier molecular flexibility index (Phi) is 6.17. The maximum atomic E-state index is 12.6. The van der Waals surface area contributed by atoms with Crippen LogP contribution < -0.4 is 10.5 Å². The second kappa shape index (κ2) is 7.14. The second-order valence-electron chi connectivity index (χ2n) is 5.56. The largest absolute Gasteiger partial charge is 0.465 e. The highest BCUT2D eigenvalue weighted by molar-refractivity contribution is 7.90. The molecular formula is C14H19ClN2O4S2. The smallest absolute Gasteiger partial charge is 0.349 e. The van der Waals surface area contributed by atoms with E-state index in [2.05, 4.69) is 4.72 Å². The molecule has 1 aromatic carbocycles. The van der Waals surface area contributed by atoms with Gasteiger partial charge < -0.3 is 10.5 Å². The molecule has 0 saturated heterocycles. The minimum atomic E-state index is -3.88. The minimum absolute atomic E-state index is 0. The van der Waals surface area contributed by atoms with E-state index in [1.807, 2.05) is 0 Å². The van der Waals surface area contributed by atoms with Crippen molar-refractivity contribution in [1.29, 1.82) is 0 Å². The highest BCUT2D eigenvalue weighted by Crippen LogP contribution is 2.35. The van der Waals surface area contributed by atoms with Crippen LogP contribution in [0.4, 0.5) is 0 Å². The summed E-state index contributed by atoms with van der Waals surface area (Å²) < 4.78 is 33.1. The molecule has 128 valence electrons. The Balaban J connectivity index is 0.00000264. The van der Waals surface area contributed by atoms with Crippen LogP contribution >= 0.6 is 23.7 Å². The highest BCUT2D eigenvalue weighted by Gasteiger charge is 2.29. The van der Waals surface area contributed by atoms with E-state index >= 15 is 0 Å². The van der Waals surface area contributed by atoms with Crippen molar-refractivity contribution >= 4 is 49.8 Å². The van der Waals surface area contributed by atoms with Gasteiger partial charge in [0.05, 0.1) is 7.11 Å². The number of ether oxygens (including phenoxy) is 1. The first-order valence-corrected chi connectivity index (χ1v) is 8.84. The summed E-state index contributed by atoms with van der Waals surface area (Å²) in [6, 6.07) is 6.94. The van der Waals surface area contributed by atoms with Gasteiger partial charge in [-0.2, -0.15) is 0 Å². The molecule has 2 rings (SSSR count). The van der Waals surface area contributed by atoms with Crippen LogP contribution in [0.3, 0.4) is 0 Å². The molecule has 0 aliphatic rings. The fourth-order valence-corrected chi connectivity index (χ4v) is 4.90. The number of benzene rings is 1. The molecule has 0 saturated carbocycles. The fourth-order valence-electron chi connectivity index (χ4n) is 1.87. The summed E-state index contributed by atoms with van der Waals surface area (Å²) in [5.41, 5.74) is 5.11. The molecule has 1 aromatic heterocycles. The van der Waals surface area contributed by atoms with Crippen molar-refractivity contribution in [2.75, 3.05) is 13.7 Å². The SMILES string of the molecule is COC(=O)c1sc2ccccc2c1S(=O)(=O)NCC(C)(C)N.Cl. The molecule has 3 N–H and O–H groups in total. The number of carbonyl (C=O) groups is 1. The Morgan fingerprint density at radius 1 is 1.35 bits per heavy atom. The van der Waals surface area contributed by atoms with Crippen molar-refractivity contribution in [3.8, 4) is 0 Å². The van der Waals surface area contributed by atoms with Gasteiger partial charge in [-0.3, -0.25) is 0 Å². The second-order valence-corrected chi connectivity index (χ2v) is 8.32. The summed E-state index contributed by atoms with van der Waals surface area (Å²) in [6.45, 7) is 3.48. The summed E-state index contributed by atoms with van der Waals surface area (Å²) >= 11 is 1.09. The van der Waals surface area contributed by atoms with Gasteiger partial charge in [-0.25, -0.2) is 17.9 Å². The number of hydrogen-bond donors (Lipinski definition) is 2. The molecule has 1 heterocycles. The van der Waals surface area contributed by atoms with Crippen molar-refractivity contribution < 1.29 is 17.9 Å². The number of carbonyl (C=O) groups excluding carboxylic acids is 1. The van der Waals surface area contributed by atoms with Gasteiger partial charge in [0, 0.05) is 22.2 Å². The Bertz CT molecular complexity index is 810. The molecule has 0 unspecified atom stereocenters. The Labute approximate surface area is 145 Å². The monoisotopic (exact) mass is 378 g/mol. The molecular weight excluding hydrogens is 360 g/mol. The summed E-state index contributed by atoms with van der Waals surface area (Å²) in [5, 5.41) is 0.496. The fraction of sp³-hybridized carbons (Fsp3) is 0.357. The number of halogens is 1. The summed E-state index contributed by atoms with van der Waals surface area (Å²) in [4.78, 5) is 11.9. The zero-order chi connectivity index (χ0) is 16.5. The topological polar surface area (TPSA) is 98.5 Å². The Hall–Kier alpha value is -1.19. The van der Waals surface area contributed by atoms with Crippen LogP contribution in [0.2, 0.25) is 0 Å². The average molecular weight is 379 g/mol. The number of hydrogen-bond acceptors (Lipinski definition) is 6. The molecule has 9 heteroatoms. The van der Waals surface area contributed by atoms with Crippen LogP contribution in [-0.4, -0.2) is 33.6 Å². The van der Waals surface area contributed by atoms with Gasteiger partial charge in [-0.1, -0.05) is 18.2 Å². The molecule has 0 aliphatic heterocycles. The first-order chi connectivity index (χ1) is 10.2. The van der Waals surface area contributed by atoms with Crippen LogP contribution in [-0.2, 0) is 14.8 Å². The van der Waals surface area contributed by atoms with E-state index in [4.69, 9.17) is 10.5 Å². The molecule has 23 heavy (non-hydrogen) atoms. The van der Waals surface area contributed by atoms with Crippen molar-refractivity contribution in [3.63, 3.8) is 0 Å². The molecule has 6 nitrogen and oxygen atoms in total. The number of nitrogens with one attached hydrogen (secondary N) is 1. The van der Waals surface area contributed by atoms with E-state index in [0.717, 1.165) is 11.3 Å². The molecule has 0 atom stereocenters. The van der Waals surface area contributed by atoms with Crippen LogP contribution in [0.25, 0.3) is 10.1 Å².